The molecule has 8 nitrogen and oxygen atoms in total. The van der Waals surface area contributed by atoms with Crippen LogP contribution in [0, 0.1) is 0 Å². The highest BCUT2D eigenvalue weighted by Gasteiger charge is 2.12. The molecule has 0 spiro atoms. The van der Waals surface area contributed by atoms with Gasteiger partial charge in [-0.15, -0.1) is 0 Å². The summed E-state index contributed by atoms with van der Waals surface area (Å²) < 4.78 is 5.09. The molecule has 0 aliphatic heterocycles. The quantitative estimate of drug-likeness (QED) is 0.707. The Hall–Kier alpha value is -3.03. The first-order valence-electron chi connectivity index (χ1n) is 5.34. The summed E-state index contributed by atoms with van der Waals surface area (Å²) in [5.74, 6) is 0.109. The van der Waals surface area contributed by atoms with E-state index in [1.165, 1.54) is 12.3 Å². The van der Waals surface area contributed by atoms with E-state index in [1.54, 1.807) is 18.3 Å². The lowest BCUT2D eigenvalue weighted by atomic mass is 10.2. The van der Waals surface area contributed by atoms with Gasteiger partial charge in [-0.25, -0.2) is 0 Å². The van der Waals surface area contributed by atoms with Crippen molar-refractivity contribution in [3.8, 4) is 23.0 Å². The minimum absolute atomic E-state index is 0.182. The van der Waals surface area contributed by atoms with Gasteiger partial charge in [0.05, 0.1) is 0 Å². The van der Waals surface area contributed by atoms with E-state index in [2.05, 4.69) is 25.3 Å². The molecule has 94 valence electrons. The smallest absolute Gasteiger partial charge is 0.276 e. The Morgan fingerprint density at radius 1 is 1.32 bits per heavy atom. The van der Waals surface area contributed by atoms with Gasteiger partial charge in [-0.2, -0.15) is 10.1 Å². The molecule has 0 aliphatic carbocycles. The molecule has 3 aromatic rings. The van der Waals surface area contributed by atoms with Crippen LogP contribution in [0.1, 0.15) is 10.5 Å². The maximum atomic E-state index is 10.9. The fourth-order valence-electron chi connectivity index (χ4n) is 1.50. The van der Waals surface area contributed by atoms with Crippen LogP contribution >= 0.6 is 0 Å². The molecule has 0 atom stereocenters. The van der Waals surface area contributed by atoms with E-state index in [4.69, 9.17) is 10.3 Å². The molecule has 8 heteroatoms. The fourth-order valence-corrected chi connectivity index (χ4v) is 1.50. The van der Waals surface area contributed by atoms with Gasteiger partial charge in [-0.05, 0) is 18.2 Å². The van der Waals surface area contributed by atoms with Crippen LogP contribution in [0.15, 0.2) is 35.1 Å². The van der Waals surface area contributed by atoms with Crippen LogP contribution in [0.4, 0.5) is 0 Å². The Morgan fingerprint density at radius 3 is 2.84 bits per heavy atom. The molecule has 1 amide bonds. The van der Waals surface area contributed by atoms with Crippen molar-refractivity contribution in [2.24, 2.45) is 5.73 Å². The van der Waals surface area contributed by atoms with E-state index in [-0.39, 0.29) is 5.69 Å². The summed E-state index contributed by atoms with van der Waals surface area (Å²) in [6.45, 7) is 0. The number of aromatic nitrogens is 5. The van der Waals surface area contributed by atoms with E-state index >= 15 is 0 Å². The first-order chi connectivity index (χ1) is 9.24. The Labute approximate surface area is 106 Å². The topological polar surface area (TPSA) is 124 Å². The van der Waals surface area contributed by atoms with E-state index in [1.807, 2.05) is 0 Å². The van der Waals surface area contributed by atoms with Gasteiger partial charge < -0.3 is 10.3 Å². The van der Waals surface area contributed by atoms with E-state index in [0.717, 1.165) is 0 Å². The molecule has 0 bridgehead atoms. The fraction of sp³-hybridized carbons (Fsp3) is 0. The zero-order valence-corrected chi connectivity index (χ0v) is 9.57. The number of amides is 1. The first kappa shape index (κ1) is 11.1. The van der Waals surface area contributed by atoms with Gasteiger partial charge >= 0.3 is 0 Å². The predicted molar refractivity (Wildman–Crippen MR) is 63.6 cm³/mol. The lowest BCUT2D eigenvalue weighted by Gasteiger charge is -1.95. The third-order valence-electron chi connectivity index (χ3n) is 2.43. The molecule has 0 saturated carbocycles. The van der Waals surface area contributed by atoms with E-state index in [0.29, 0.717) is 23.0 Å². The second kappa shape index (κ2) is 4.33. The molecule has 0 fully saturated rings. The van der Waals surface area contributed by atoms with Gasteiger partial charge in [0, 0.05) is 18.0 Å². The number of hydrogen-bond donors (Lipinski definition) is 2. The molecule has 3 heterocycles. The van der Waals surface area contributed by atoms with Crippen molar-refractivity contribution in [1.82, 2.24) is 25.3 Å². The van der Waals surface area contributed by atoms with Gasteiger partial charge in [0.25, 0.3) is 11.8 Å². The largest absolute Gasteiger partial charge is 0.364 e. The number of nitrogens with zero attached hydrogens (tertiary/aromatic N) is 4. The molecule has 19 heavy (non-hydrogen) atoms. The van der Waals surface area contributed by atoms with Crippen molar-refractivity contribution < 1.29 is 9.32 Å². The Kier molecular flexibility index (Phi) is 2.53. The predicted octanol–water partition coefficient (Wildman–Crippen LogP) is 0.621. The SMILES string of the molecule is NC(=O)c1ccc(-c2noc(-c3ccn[nH]3)n2)cn1. The summed E-state index contributed by atoms with van der Waals surface area (Å²) in [4.78, 5) is 19.0. The first-order valence-corrected chi connectivity index (χ1v) is 5.34. The van der Waals surface area contributed by atoms with Crippen LogP contribution in [0.2, 0.25) is 0 Å². The summed E-state index contributed by atoms with van der Waals surface area (Å²) in [6.07, 6.45) is 3.05. The summed E-state index contributed by atoms with van der Waals surface area (Å²) in [7, 11) is 0. The zero-order chi connectivity index (χ0) is 13.2. The molecular formula is C11H8N6O2. The Bertz CT molecular complexity index is 701. The highest BCUT2D eigenvalue weighted by Crippen LogP contribution is 2.19. The van der Waals surface area contributed by atoms with Crippen molar-refractivity contribution in [3.63, 3.8) is 0 Å². The van der Waals surface area contributed by atoms with Crippen LogP contribution in [-0.4, -0.2) is 31.2 Å². The molecular weight excluding hydrogens is 248 g/mol. The van der Waals surface area contributed by atoms with Crippen LogP contribution in [0.5, 0.6) is 0 Å². The number of hydrogen-bond acceptors (Lipinski definition) is 6. The number of carbonyl (C=O) groups is 1. The lowest BCUT2D eigenvalue weighted by Crippen LogP contribution is -2.12. The highest BCUT2D eigenvalue weighted by atomic mass is 16.5. The molecule has 0 unspecified atom stereocenters. The van der Waals surface area contributed by atoms with Crippen molar-refractivity contribution in [2.75, 3.05) is 0 Å². The van der Waals surface area contributed by atoms with E-state index < -0.39 is 5.91 Å². The summed E-state index contributed by atoms with van der Waals surface area (Å²) in [5, 5.41) is 10.3. The molecule has 3 N–H and O–H groups in total. The normalized spacial score (nSPS) is 10.5. The molecule has 0 aliphatic rings. The number of aromatic amines is 1. The van der Waals surface area contributed by atoms with Gasteiger partial charge in [-0.3, -0.25) is 14.9 Å². The molecule has 3 rings (SSSR count). The van der Waals surface area contributed by atoms with Gasteiger partial charge in [0.1, 0.15) is 11.4 Å². The van der Waals surface area contributed by atoms with Crippen LogP contribution in [-0.2, 0) is 0 Å². The molecule has 0 radical (unpaired) electrons. The number of nitrogens with one attached hydrogen (secondary N) is 1. The summed E-state index contributed by atoms with van der Waals surface area (Å²) >= 11 is 0. The highest BCUT2D eigenvalue weighted by molar-refractivity contribution is 5.90. The molecule has 3 aromatic heterocycles. The average molecular weight is 256 g/mol. The third kappa shape index (κ3) is 2.06. The lowest BCUT2D eigenvalue weighted by molar-refractivity contribution is 0.0995. The van der Waals surface area contributed by atoms with Crippen molar-refractivity contribution >= 4 is 5.91 Å². The van der Waals surface area contributed by atoms with Crippen LogP contribution in [0.3, 0.4) is 0 Å². The number of H-pyrrole nitrogens is 1. The average Bonchev–Trinajstić information content (AvgIpc) is 3.10. The standard InChI is InChI=1S/C11H8N6O2/c12-9(18)7-2-1-6(5-13-7)10-15-11(19-17-10)8-3-4-14-16-8/h1-5H,(H2,12,18)(H,14,16). The molecule has 0 aromatic carbocycles. The maximum absolute atomic E-state index is 10.9. The zero-order valence-electron chi connectivity index (χ0n) is 9.57. The summed E-state index contributed by atoms with van der Waals surface area (Å²) in [5.41, 5.74) is 6.54. The number of nitrogens with two attached hydrogens (primary N) is 1. The van der Waals surface area contributed by atoms with Gasteiger partial charge in [-0.1, -0.05) is 5.16 Å². The third-order valence-corrected chi connectivity index (χ3v) is 2.43. The van der Waals surface area contributed by atoms with E-state index in [9.17, 15) is 4.79 Å². The number of rotatable bonds is 3. The Balaban J connectivity index is 1.92. The number of pyridine rings is 1. The van der Waals surface area contributed by atoms with Gasteiger partial charge in [0.15, 0.2) is 0 Å². The second-order valence-electron chi connectivity index (χ2n) is 3.69. The number of carbonyl (C=O) groups excluding carboxylic acids is 1. The minimum Gasteiger partial charge on any atom is -0.364 e. The van der Waals surface area contributed by atoms with Gasteiger partial charge in [0.2, 0.25) is 5.82 Å². The minimum atomic E-state index is -0.585. The van der Waals surface area contributed by atoms with Crippen molar-refractivity contribution in [3.05, 3.63) is 36.3 Å². The number of primary amides is 1. The van der Waals surface area contributed by atoms with Crippen LogP contribution < -0.4 is 5.73 Å². The second-order valence-corrected chi connectivity index (χ2v) is 3.69. The summed E-state index contributed by atoms with van der Waals surface area (Å²) in [6, 6.07) is 4.87. The monoisotopic (exact) mass is 256 g/mol. The van der Waals surface area contributed by atoms with Crippen molar-refractivity contribution in [1.29, 1.82) is 0 Å². The molecule has 0 saturated heterocycles. The van der Waals surface area contributed by atoms with Crippen molar-refractivity contribution in [2.45, 2.75) is 0 Å². The van der Waals surface area contributed by atoms with Crippen LogP contribution in [0.25, 0.3) is 23.0 Å². The maximum Gasteiger partial charge on any atom is 0.276 e. The Morgan fingerprint density at radius 2 is 2.21 bits per heavy atom.